The molecule has 2 heterocycles. The lowest BCUT2D eigenvalue weighted by Gasteiger charge is -2.09. The molecule has 0 bridgehead atoms. The van der Waals surface area contributed by atoms with E-state index in [4.69, 9.17) is 4.74 Å². The molecule has 19 heavy (non-hydrogen) atoms. The van der Waals surface area contributed by atoms with Crippen LogP contribution >= 0.6 is 22.6 Å². The topological polar surface area (TPSA) is 26.5 Å². The highest BCUT2D eigenvalue weighted by Crippen LogP contribution is 2.26. The van der Waals surface area contributed by atoms with Gasteiger partial charge >= 0.3 is 0 Å². The van der Waals surface area contributed by atoms with Crippen LogP contribution in [0, 0.1) is 22.5 Å². The third-order valence-corrected chi connectivity index (χ3v) is 3.53. The Kier molecular flexibility index (Phi) is 3.14. The number of fused-ring (bicyclic) bond motifs is 1. The Morgan fingerprint density at radius 3 is 3.11 bits per heavy atom. The van der Waals surface area contributed by atoms with Crippen LogP contribution in [0.5, 0.6) is 11.5 Å². The normalized spacial score (nSPS) is 10.9. The average Bonchev–Trinajstić information content (AvgIpc) is 2.76. The zero-order valence-corrected chi connectivity index (χ0v) is 12.2. The third-order valence-electron chi connectivity index (χ3n) is 2.73. The van der Waals surface area contributed by atoms with Crippen LogP contribution in [0.25, 0.3) is 5.65 Å². The molecule has 0 fully saturated rings. The molecule has 0 atom stereocenters. The molecule has 0 spiro atoms. The number of pyridine rings is 1. The van der Waals surface area contributed by atoms with E-state index >= 15 is 0 Å². The number of hydrogen-bond acceptors (Lipinski definition) is 2. The molecule has 0 aliphatic carbocycles. The zero-order valence-electron chi connectivity index (χ0n) is 10.0. The maximum atomic E-state index is 13.2. The number of imidazole rings is 1. The fourth-order valence-corrected chi connectivity index (χ4v) is 2.24. The van der Waals surface area contributed by atoms with Gasteiger partial charge in [0.15, 0.2) is 0 Å². The van der Waals surface area contributed by atoms with Gasteiger partial charge in [-0.15, -0.1) is 0 Å². The molecule has 2 aromatic heterocycles. The molecule has 0 aliphatic rings. The monoisotopic (exact) mass is 367 g/mol. The number of benzene rings is 1. The van der Waals surface area contributed by atoms with Crippen LogP contribution in [0.15, 0.2) is 36.7 Å². The lowest BCUT2D eigenvalue weighted by atomic mass is 10.2. The highest BCUT2D eigenvalue weighted by atomic mass is 127. The predicted molar refractivity (Wildman–Crippen MR) is 78.0 cm³/mol. The van der Waals surface area contributed by atoms with Gasteiger partial charge in [0.05, 0.1) is 12.4 Å². The van der Waals surface area contributed by atoms with E-state index in [0.717, 1.165) is 14.9 Å². The van der Waals surface area contributed by atoms with E-state index < -0.39 is 0 Å². The Morgan fingerprint density at radius 1 is 1.42 bits per heavy atom. The number of rotatable bonds is 2. The Balaban J connectivity index is 2.00. The minimum atomic E-state index is -0.317. The second-order valence-electron chi connectivity index (χ2n) is 4.11. The Hall–Kier alpha value is -1.63. The van der Waals surface area contributed by atoms with Crippen LogP contribution in [0.4, 0.5) is 4.39 Å². The van der Waals surface area contributed by atoms with Crippen molar-refractivity contribution in [2.45, 2.75) is 6.92 Å². The minimum Gasteiger partial charge on any atom is -0.455 e. The lowest BCUT2D eigenvalue weighted by Crippen LogP contribution is -1.92. The first kappa shape index (κ1) is 12.4. The van der Waals surface area contributed by atoms with Gasteiger partial charge in [-0.2, -0.15) is 0 Å². The van der Waals surface area contributed by atoms with Gasteiger partial charge in [0.2, 0.25) is 0 Å². The number of ether oxygens (including phenoxy) is 1. The molecule has 3 nitrogen and oxygen atoms in total. The summed E-state index contributed by atoms with van der Waals surface area (Å²) in [5.41, 5.74) is 1.61. The summed E-state index contributed by atoms with van der Waals surface area (Å²) in [4.78, 5) is 4.18. The molecule has 0 saturated carbocycles. The van der Waals surface area contributed by atoms with Gasteiger partial charge in [-0.3, -0.25) is 4.40 Å². The number of nitrogens with zero attached hydrogens (tertiary/aromatic N) is 2. The van der Waals surface area contributed by atoms with Crippen molar-refractivity contribution >= 4 is 28.2 Å². The van der Waals surface area contributed by atoms with Crippen molar-refractivity contribution in [1.29, 1.82) is 0 Å². The number of halogens is 2. The lowest BCUT2D eigenvalue weighted by molar-refractivity contribution is 0.470. The smallest absolute Gasteiger partial charge is 0.145 e. The van der Waals surface area contributed by atoms with Gasteiger partial charge in [0.1, 0.15) is 26.7 Å². The van der Waals surface area contributed by atoms with E-state index in [0.29, 0.717) is 11.5 Å². The number of hydrogen-bond donors (Lipinski definition) is 0. The van der Waals surface area contributed by atoms with E-state index in [1.54, 1.807) is 18.3 Å². The van der Waals surface area contributed by atoms with Crippen molar-refractivity contribution < 1.29 is 9.13 Å². The molecule has 0 amide bonds. The molecule has 0 saturated heterocycles. The zero-order chi connectivity index (χ0) is 13.4. The largest absolute Gasteiger partial charge is 0.455 e. The molecule has 0 aliphatic heterocycles. The Labute approximate surface area is 123 Å². The first-order valence-corrected chi connectivity index (χ1v) is 6.69. The average molecular weight is 367 g/mol. The van der Waals surface area contributed by atoms with Crippen molar-refractivity contribution in [3.05, 3.63) is 57.8 Å². The fraction of sp³-hybridized carbons (Fsp3) is 0.0714. The molecule has 1 aromatic carbocycles. The minimum absolute atomic E-state index is 0.317. The second-order valence-corrected chi connectivity index (χ2v) is 5.21. The first-order chi connectivity index (χ1) is 9.13. The maximum absolute atomic E-state index is 13.2. The van der Waals surface area contributed by atoms with E-state index in [1.807, 2.05) is 17.5 Å². The molecule has 95 valence electrons. The predicted octanol–water partition coefficient (Wildman–Crippen LogP) is 3.98. The Morgan fingerprint density at radius 2 is 2.26 bits per heavy atom. The van der Waals surface area contributed by atoms with Crippen LogP contribution < -0.4 is 4.74 Å². The van der Waals surface area contributed by atoms with Gasteiger partial charge in [-0.1, -0.05) is 6.07 Å². The van der Waals surface area contributed by atoms with Crippen LogP contribution in [0.1, 0.15) is 5.56 Å². The molecule has 3 rings (SSSR count). The molecule has 0 unspecified atom stereocenters. The SMILES string of the molecule is Cc1ccc(F)cc1Oc1c[c]c2ncc(I)n2c1. The van der Waals surface area contributed by atoms with E-state index in [9.17, 15) is 4.39 Å². The quantitative estimate of drug-likeness (QED) is 0.641. The molecule has 3 aromatic rings. The van der Waals surface area contributed by atoms with E-state index in [2.05, 4.69) is 33.6 Å². The van der Waals surface area contributed by atoms with Crippen molar-refractivity contribution in [1.82, 2.24) is 9.38 Å². The van der Waals surface area contributed by atoms with Gasteiger partial charge in [-0.05, 0) is 47.2 Å². The first-order valence-electron chi connectivity index (χ1n) is 5.62. The summed E-state index contributed by atoms with van der Waals surface area (Å²) in [6, 6.07) is 9.19. The van der Waals surface area contributed by atoms with Gasteiger partial charge in [0, 0.05) is 12.1 Å². The highest BCUT2D eigenvalue weighted by molar-refractivity contribution is 14.1. The van der Waals surface area contributed by atoms with E-state index in [1.165, 1.54) is 12.1 Å². The van der Waals surface area contributed by atoms with Crippen molar-refractivity contribution in [2.24, 2.45) is 0 Å². The van der Waals surface area contributed by atoms with Crippen molar-refractivity contribution in [2.75, 3.05) is 0 Å². The summed E-state index contributed by atoms with van der Waals surface area (Å²) in [5, 5.41) is 0. The van der Waals surface area contributed by atoms with Gasteiger partial charge in [0.25, 0.3) is 0 Å². The Bertz CT molecular complexity index is 754. The molecule has 1 radical (unpaired) electrons. The summed E-state index contributed by atoms with van der Waals surface area (Å²) >= 11 is 2.18. The van der Waals surface area contributed by atoms with Crippen molar-refractivity contribution in [3.8, 4) is 11.5 Å². The highest BCUT2D eigenvalue weighted by Gasteiger charge is 2.06. The third kappa shape index (κ3) is 2.42. The number of aryl methyl sites for hydroxylation is 1. The molecule has 5 heteroatoms. The summed E-state index contributed by atoms with van der Waals surface area (Å²) < 4.78 is 21.7. The molecular weight excluding hydrogens is 358 g/mol. The van der Waals surface area contributed by atoms with Crippen molar-refractivity contribution in [3.63, 3.8) is 0 Å². The van der Waals surface area contributed by atoms with Gasteiger partial charge < -0.3 is 4.74 Å². The number of aromatic nitrogens is 2. The standard InChI is InChI=1S/C14H9FIN2O/c1-9-2-3-10(15)6-12(9)19-11-4-5-14-17-7-13(16)18(14)8-11/h2-4,6-8H,1H3. The summed E-state index contributed by atoms with van der Waals surface area (Å²) in [6.07, 6.45) is 3.56. The van der Waals surface area contributed by atoms with E-state index in [-0.39, 0.29) is 5.82 Å². The van der Waals surface area contributed by atoms with Crippen LogP contribution in [0.3, 0.4) is 0 Å². The van der Waals surface area contributed by atoms with Crippen LogP contribution in [-0.2, 0) is 0 Å². The summed E-state index contributed by atoms with van der Waals surface area (Å²) in [5.74, 6) is 0.780. The summed E-state index contributed by atoms with van der Waals surface area (Å²) in [6.45, 7) is 1.87. The summed E-state index contributed by atoms with van der Waals surface area (Å²) in [7, 11) is 0. The maximum Gasteiger partial charge on any atom is 0.145 e. The van der Waals surface area contributed by atoms with Gasteiger partial charge in [-0.25, -0.2) is 9.37 Å². The fourth-order valence-electron chi connectivity index (χ4n) is 1.74. The molecule has 0 N–H and O–H groups in total. The van der Waals surface area contributed by atoms with Crippen LogP contribution in [0.2, 0.25) is 0 Å². The molecular formula is C14H9FIN2O. The van der Waals surface area contributed by atoms with Crippen LogP contribution in [-0.4, -0.2) is 9.38 Å². The second kappa shape index (κ2) is 4.80.